The van der Waals surface area contributed by atoms with Crippen molar-refractivity contribution in [2.45, 2.75) is 72.1 Å². The summed E-state index contributed by atoms with van der Waals surface area (Å²) in [6.45, 7) is 5.63. The highest BCUT2D eigenvalue weighted by molar-refractivity contribution is 5.94. The van der Waals surface area contributed by atoms with E-state index in [1.54, 1.807) is 6.92 Å². The first-order chi connectivity index (χ1) is 14.8. The van der Waals surface area contributed by atoms with Crippen LogP contribution in [0.1, 0.15) is 72.1 Å². The van der Waals surface area contributed by atoms with E-state index in [-0.39, 0.29) is 61.4 Å². The molecule has 3 rings (SSSR count). The minimum Gasteiger partial charge on any atom is -0.481 e. The number of fused-ring (bicyclic) bond motifs is 3. The molecule has 0 spiro atoms. The molecule has 0 heterocycles. The number of carbonyl (C=O) groups is 5. The maximum Gasteiger partial charge on any atom is 0.307 e. The third-order valence-electron chi connectivity index (χ3n) is 9.30. The van der Waals surface area contributed by atoms with Crippen LogP contribution in [0.3, 0.4) is 0 Å². The molecule has 3 aliphatic carbocycles. The minimum absolute atomic E-state index is 0.00816. The van der Waals surface area contributed by atoms with E-state index in [0.29, 0.717) is 12.8 Å². The number of carboxylic acid groups (broad SMARTS) is 3. The average Bonchev–Trinajstić information content (AvgIpc) is 3.06. The summed E-state index contributed by atoms with van der Waals surface area (Å²) in [5, 5.41) is 28.1. The van der Waals surface area contributed by atoms with Gasteiger partial charge in [-0.2, -0.15) is 0 Å². The largest absolute Gasteiger partial charge is 0.481 e. The molecule has 0 saturated heterocycles. The summed E-state index contributed by atoms with van der Waals surface area (Å²) in [5.74, 6) is -5.28. The standard InChI is InChI=1S/C24H34O8/c1-12(4-7-19(27)28)13-5-6-14-21-15(11-18(26)24(13,14)3)23(2,9-8-20(29)30)16(22(31)32)10-17(21)25/h12-16,21H,4-11H2,1-3H3,(H,27,28)(H,29,30)(H,31,32)/t12-,13+,14+,15-,16-,21-,23-,24-/m1/s1. The Morgan fingerprint density at radius 3 is 2.16 bits per heavy atom. The van der Waals surface area contributed by atoms with Crippen molar-refractivity contribution in [3.8, 4) is 0 Å². The van der Waals surface area contributed by atoms with Gasteiger partial charge in [0.05, 0.1) is 5.92 Å². The molecule has 32 heavy (non-hydrogen) atoms. The normalized spacial score (nSPS) is 39.8. The molecule has 0 aromatic heterocycles. The van der Waals surface area contributed by atoms with Crippen LogP contribution < -0.4 is 0 Å². The van der Waals surface area contributed by atoms with E-state index >= 15 is 0 Å². The first-order valence-electron chi connectivity index (χ1n) is 11.6. The summed E-state index contributed by atoms with van der Waals surface area (Å²) >= 11 is 0. The van der Waals surface area contributed by atoms with Gasteiger partial charge in [-0.1, -0.05) is 20.8 Å². The van der Waals surface area contributed by atoms with Gasteiger partial charge in [0.25, 0.3) is 0 Å². The van der Waals surface area contributed by atoms with Gasteiger partial charge in [0.15, 0.2) is 0 Å². The Bertz CT molecular complexity index is 834. The number of carboxylic acids is 3. The molecule has 178 valence electrons. The zero-order chi connectivity index (χ0) is 24.0. The topological polar surface area (TPSA) is 146 Å². The summed E-state index contributed by atoms with van der Waals surface area (Å²) in [7, 11) is 0. The molecule has 0 bridgehead atoms. The van der Waals surface area contributed by atoms with E-state index < -0.39 is 46.5 Å². The SMILES string of the molecule is C[C@H](CCC(=O)O)[C@@H]1CC[C@H]2[C@H]3C(=O)C[C@H](C(=O)O)[C@](C)(CCC(=O)O)[C@@H]3CC(=O)[C@@]21C. The molecule has 3 fully saturated rings. The van der Waals surface area contributed by atoms with Crippen LogP contribution >= 0.6 is 0 Å². The van der Waals surface area contributed by atoms with Gasteiger partial charge in [-0.05, 0) is 54.8 Å². The molecule has 0 amide bonds. The maximum absolute atomic E-state index is 13.6. The van der Waals surface area contributed by atoms with Crippen LogP contribution in [0, 0.1) is 46.3 Å². The molecule has 3 N–H and O–H groups in total. The Balaban J connectivity index is 1.96. The fourth-order valence-corrected chi connectivity index (χ4v) is 7.48. The Morgan fingerprint density at radius 1 is 0.969 bits per heavy atom. The van der Waals surface area contributed by atoms with Gasteiger partial charge in [0.1, 0.15) is 11.6 Å². The van der Waals surface area contributed by atoms with Crippen LogP contribution in [0.15, 0.2) is 0 Å². The summed E-state index contributed by atoms with van der Waals surface area (Å²) in [6.07, 6.45) is 1.76. The van der Waals surface area contributed by atoms with Crippen LogP contribution in [-0.4, -0.2) is 44.8 Å². The van der Waals surface area contributed by atoms with Crippen LogP contribution in [0.4, 0.5) is 0 Å². The zero-order valence-electron chi connectivity index (χ0n) is 19.0. The van der Waals surface area contributed by atoms with Crippen molar-refractivity contribution in [3.05, 3.63) is 0 Å². The lowest BCUT2D eigenvalue weighted by molar-refractivity contribution is -0.174. The Hall–Kier alpha value is -2.25. The second-order valence-electron chi connectivity index (χ2n) is 10.7. The predicted octanol–water partition coefficient (Wildman–Crippen LogP) is 3.27. The van der Waals surface area contributed by atoms with Crippen molar-refractivity contribution in [1.29, 1.82) is 0 Å². The van der Waals surface area contributed by atoms with Crippen molar-refractivity contribution in [2.75, 3.05) is 0 Å². The van der Waals surface area contributed by atoms with Crippen LogP contribution in [0.5, 0.6) is 0 Å². The van der Waals surface area contributed by atoms with Gasteiger partial charge in [-0.25, -0.2) is 0 Å². The molecular formula is C24H34O8. The van der Waals surface area contributed by atoms with Crippen molar-refractivity contribution in [2.24, 2.45) is 46.3 Å². The second kappa shape index (κ2) is 8.60. The van der Waals surface area contributed by atoms with Crippen LogP contribution in [-0.2, 0) is 24.0 Å². The Morgan fingerprint density at radius 2 is 1.59 bits per heavy atom. The highest BCUT2D eigenvalue weighted by atomic mass is 16.4. The molecular weight excluding hydrogens is 416 g/mol. The van der Waals surface area contributed by atoms with E-state index in [1.165, 1.54) is 0 Å². The summed E-state index contributed by atoms with van der Waals surface area (Å²) in [4.78, 5) is 61.3. The number of hydrogen-bond acceptors (Lipinski definition) is 5. The highest BCUT2D eigenvalue weighted by Gasteiger charge is 2.66. The summed E-state index contributed by atoms with van der Waals surface area (Å²) in [6, 6.07) is 0. The lowest BCUT2D eigenvalue weighted by Crippen LogP contribution is -2.60. The van der Waals surface area contributed by atoms with E-state index in [0.717, 1.165) is 6.42 Å². The average molecular weight is 451 g/mol. The molecule has 0 aromatic carbocycles. The fraction of sp³-hybridized carbons (Fsp3) is 0.792. The van der Waals surface area contributed by atoms with Crippen molar-refractivity contribution >= 4 is 29.5 Å². The van der Waals surface area contributed by atoms with E-state index in [1.807, 2.05) is 13.8 Å². The van der Waals surface area contributed by atoms with Crippen molar-refractivity contribution < 1.29 is 39.3 Å². The molecule has 0 aliphatic heterocycles. The third-order valence-corrected chi connectivity index (χ3v) is 9.30. The van der Waals surface area contributed by atoms with Gasteiger partial charge in [0.2, 0.25) is 0 Å². The lowest BCUT2D eigenvalue weighted by Gasteiger charge is -2.56. The molecule has 3 saturated carbocycles. The van der Waals surface area contributed by atoms with Gasteiger partial charge >= 0.3 is 17.9 Å². The molecule has 0 radical (unpaired) electrons. The second-order valence-corrected chi connectivity index (χ2v) is 10.7. The van der Waals surface area contributed by atoms with Crippen molar-refractivity contribution in [1.82, 2.24) is 0 Å². The molecule has 8 atom stereocenters. The monoisotopic (exact) mass is 450 g/mol. The smallest absolute Gasteiger partial charge is 0.307 e. The van der Waals surface area contributed by atoms with E-state index in [9.17, 15) is 34.2 Å². The number of ketones is 2. The van der Waals surface area contributed by atoms with Gasteiger partial charge < -0.3 is 15.3 Å². The number of Topliss-reactive ketones (excluding diaryl/α,β-unsaturated/α-hetero) is 2. The first-order valence-corrected chi connectivity index (χ1v) is 11.6. The van der Waals surface area contributed by atoms with E-state index in [4.69, 9.17) is 5.11 Å². The Kier molecular flexibility index (Phi) is 6.55. The highest BCUT2D eigenvalue weighted by Crippen LogP contribution is 2.65. The van der Waals surface area contributed by atoms with Crippen LogP contribution in [0.2, 0.25) is 0 Å². The van der Waals surface area contributed by atoms with Crippen molar-refractivity contribution in [3.63, 3.8) is 0 Å². The Labute approximate surface area is 187 Å². The third kappa shape index (κ3) is 3.86. The molecule has 0 unspecified atom stereocenters. The molecule has 3 aliphatic rings. The number of carbonyl (C=O) groups excluding carboxylic acids is 2. The maximum atomic E-state index is 13.6. The predicted molar refractivity (Wildman–Crippen MR) is 113 cm³/mol. The molecule has 8 heteroatoms. The summed E-state index contributed by atoms with van der Waals surface area (Å²) in [5.41, 5.74) is -1.69. The number of hydrogen-bond donors (Lipinski definition) is 3. The van der Waals surface area contributed by atoms with Gasteiger partial charge in [-0.3, -0.25) is 24.0 Å². The quantitative estimate of drug-likeness (QED) is 0.511. The van der Waals surface area contributed by atoms with E-state index in [2.05, 4.69) is 0 Å². The minimum atomic E-state index is -1.11. The van der Waals surface area contributed by atoms with Gasteiger partial charge in [0, 0.05) is 37.0 Å². The van der Waals surface area contributed by atoms with Gasteiger partial charge in [-0.15, -0.1) is 0 Å². The number of rotatable bonds is 8. The summed E-state index contributed by atoms with van der Waals surface area (Å²) < 4.78 is 0. The molecule has 0 aromatic rings. The first kappa shape index (κ1) is 24.4. The zero-order valence-corrected chi connectivity index (χ0v) is 19.0. The molecule has 8 nitrogen and oxygen atoms in total. The fourth-order valence-electron chi connectivity index (χ4n) is 7.48. The number of aliphatic carboxylic acids is 3. The van der Waals surface area contributed by atoms with Crippen LogP contribution in [0.25, 0.3) is 0 Å². The lowest BCUT2D eigenvalue weighted by atomic mass is 9.45.